The van der Waals surface area contributed by atoms with Crippen molar-refractivity contribution >= 4 is 5.91 Å². The fraction of sp³-hybridized carbons (Fsp3) is 0.450. The fourth-order valence-electron chi connectivity index (χ4n) is 3.29. The van der Waals surface area contributed by atoms with Gasteiger partial charge in [-0.15, -0.1) is 0 Å². The second-order valence-corrected chi connectivity index (χ2v) is 6.80. The lowest BCUT2D eigenvalue weighted by Gasteiger charge is -2.16. The van der Waals surface area contributed by atoms with Crippen LogP contribution in [0.15, 0.2) is 35.1 Å². The van der Waals surface area contributed by atoms with E-state index in [4.69, 9.17) is 4.74 Å². The van der Waals surface area contributed by atoms with Crippen LogP contribution in [0.3, 0.4) is 0 Å². The zero-order chi connectivity index (χ0) is 18.5. The van der Waals surface area contributed by atoms with Crippen LogP contribution in [0.4, 0.5) is 0 Å². The van der Waals surface area contributed by atoms with Gasteiger partial charge in [-0.3, -0.25) is 9.59 Å². The van der Waals surface area contributed by atoms with Gasteiger partial charge in [-0.1, -0.05) is 12.5 Å². The van der Waals surface area contributed by atoms with Crippen LogP contribution in [0, 0.1) is 0 Å². The Labute approximate surface area is 153 Å². The Balaban J connectivity index is 1.69. The summed E-state index contributed by atoms with van der Waals surface area (Å²) in [7, 11) is 1.57. The molecule has 1 N–H and O–H groups in total. The van der Waals surface area contributed by atoms with Gasteiger partial charge in [0, 0.05) is 17.7 Å². The van der Waals surface area contributed by atoms with Gasteiger partial charge in [-0.2, -0.15) is 5.10 Å². The summed E-state index contributed by atoms with van der Waals surface area (Å²) in [6, 6.07) is 8.48. The van der Waals surface area contributed by atoms with E-state index in [2.05, 4.69) is 10.4 Å². The molecule has 0 aliphatic heterocycles. The van der Waals surface area contributed by atoms with Gasteiger partial charge in [-0.25, -0.2) is 4.68 Å². The van der Waals surface area contributed by atoms with Crippen LogP contribution in [0.5, 0.6) is 5.75 Å². The Morgan fingerprint density at radius 3 is 2.88 bits per heavy atom. The van der Waals surface area contributed by atoms with Gasteiger partial charge in [0.1, 0.15) is 5.75 Å². The molecule has 0 radical (unpaired) electrons. The van der Waals surface area contributed by atoms with Gasteiger partial charge in [0.05, 0.1) is 19.3 Å². The summed E-state index contributed by atoms with van der Waals surface area (Å²) >= 11 is 0. The average molecular weight is 355 g/mol. The predicted octanol–water partition coefficient (Wildman–Crippen LogP) is 2.34. The number of ether oxygens (including phenoxy) is 1. The highest BCUT2D eigenvalue weighted by molar-refractivity contribution is 5.94. The number of amides is 1. The van der Waals surface area contributed by atoms with Crippen LogP contribution in [-0.4, -0.2) is 28.8 Å². The van der Waals surface area contributed by atoms with E-state index >= 15 is 0 Å². The van der Waals surface area contributed by atoms with Gasteiger partial charge < -0.3 is 10.1 Å². The first-order valence-corrected chi connectivity index (χ1v) is 9.11. The Hall–Kier alpha value is -2.63. The third kappa shape index (κ3) is 4.31. The van der Waals surface area contributed by atoms with Gasteiger partial charge >= 0.3 is 0 Å². The summed E-state index contributed by atoms with van der Waals surface area (Å²) in [5.41, 5.74) is 2.52. The highest BCUT2D eigenvalue weighted by atomic mass is 16.5. The summed E-state index contributed by atoms with van der Waals surface area (Å²) in [5, 5.41) is 7.47. The number of aryl methyl sites for hydroxylation is 2. The lowest BCUT2D eigenvalue weighted by atomic mass is 10.1. The first-order valence-electron chi connectivity index (χ1n) is 9.11. The molecule has 0 fully saturated rings. The number of carbonyl (C=O) groups excluding carboxylic acids is 1. The number of rotatable bonds is 5. The smallest absolute Gasteiger partial charge is 0.267 e. The quantitative estimate of drug-likeness (QED) is 0.836. The minimum absolute atomic E-state index is 0.104. The molecule has 1 amide bonds. The highest BCUT2D eigenvalue weighted by Gasteiger charge is 2.15. The van der Waals surface area contributed by atoms with Crippen LogP contribution in [0.2, 0.25) is 0 Å². The zero-order valence-corrected chi connectivity index (χ0v) is 15.3. The summed E-state index contributed by atoms with van der Waals surface area (Å²) < 4.78 is 6.62. The molecular weight excluding hydrogens is 330 g/mol. The minimum atomic E-state index is -0.220. The van der Waals surface area contributed by atoms with Crippen LogP contribution in [-0.2, 0) is 19.4 Å². The Kier molecular flexibility index (Phi) is 5.71. The van der Waals surface area contributed by atoms with Gasteiger partial charge in [0.15, 0.2) is 0 Å². The second-order valence-electron chi connectivity index (χ2n) is 6.80. The molecule has 2 aromatic rings. The molecule has 0 spiro atoms. The van der Waals surface area contributed by atoms with Crippen molar-refractivity contribution < 1.29 is 9.53 Å². The molecule has 0 unspecified atom stereocenters. The number of carbonyl (C=O) groups is 1. The number of hydrogen-bond acceptors (Lipinski definition) is 4. The standard InChI is InChI=1S/C20H25N3O3/c1-14(21-20(25)16-8-6-9-17(11-16)26-2)13-23-19(24)12-15-7-4-3-5-10-18(15)22-23/h6,8-9,11-12,14H,3-5,7,10,13H2,1-2H3,(H,21,25)/t14-/m0/s1. The number of hydrogen-bond donors (Lipinski definition) is 1. The van der Waals surface area contributed by atoms with Crippen molar-refractivity contribution in [3.63, 3.8) is 0 Å². The fourth-order valence-corrected chi connectivity index (χ4v) is 3.29. The Morgan fingerprint density at radius 1 is 1.27 bits per heavy atom. The molecule has 0 saturated carbocycles. The van der Waals surface area contributed by atoms with E-state index in [0.717, 1.165) is 36.9 Å². The third-order valence-electron chi connectivity index (χ3n) is 4.68. The average Bonchev–Trinajstić information content (AvgIpc) is 2.87. The van der Waals surface area contributed by atoms with Crippen LogP contribution in [0.25, 0.3) is 0 Å². The van der Waals surface area contributed by atoms with Gasteiger partial charge in [0.25, 0.3) is 11.5 Å². The maximum Gasteiger partial charge on any atom is 0.267 e. The topological polar surface area (TPSA) is 73.2 Å². The maximum atomic E-state index is 12.4. The summed E-state index contributed by atoms with van der Waals surface area (Å²) in [6.07, 6.45) is 5.25. The Bertz CT molecular complexity index is 844. The molecule has 1 aromatic heterocycles. The lowest BCUT2D eigenvalue weighted by molar-refractivity contribution is 0.0935. The molecule has 6 nitrogen and oxygen atoms in total. The summed E-state index contributed by atoms with van der Waals surface area (Å²) in [6.45, 7) is 2.22. The number of nitrogens with zero attached hydrogens (tertiary/aromatic N) is 2. The van der Waals surface area contributed by atoms with E-state index in [1.807, 2.05) is 6.92 Å². The molecule has 0 saturated heterocycles. The number of benzene rings is 1. The molecule has 1 aliphatic rings. The van der Waals surface area contributed by atoms with Gasteiger partial charge in [0.2, 0.25) is 0 Å². The van der Waals surface area contributed by atoms with E-state index in [-0.39, 0.29) is 17.5 Å². The number of fused-ring (bicyclic) bond motifs is 1. The summed E-state index contributed by atoms with van der Waals surface area (Å²) in [4.78, 5) is 24.8. The number of nitrogens with one attached hydrogen (secondary N) is 1. The predicted molar refractivity (Wildman–Crippen MR) is 99.7 cm³/mol. The van der Waals surface area contributed by atoms with Crippen molar-refractivity contribution in [1.82, 2.24) is 15.1 Å². The maximum absolute atomic E-state index is 12.4. The van der Waals surface area contributed by atoms with E-state index in [1.54, 1.807) is 37.4 Å². The number of methoxy groups -OCH3 is 1. The molecule has 138 valence electrons. The Morgan fingerprint density at radius 2 is 2.08 bits per heavy atom. The molecule has 6 heteroatoms. The van der Waals surface area contributed by atoms with Crippen molar-refractivity contribution in [1.29, 1.82) is 0 Å². The molecule has 1 heterocycles. The monoisotopic (exact) mass is 355 g/mol. The van der Waals surface area contributed by atoms with Crippen molar-refractivity contribution in [2.45, 2.75) is 51.6 Å². The molecular formula is C20H25N3O3. The largest absolute Gasteiger partial charge is 0.497 e. The van der Waals surface area contributed by atoms with E-state index in [9.17, 15) is 9.59 Å². The van der Waals surface area contributed by atoms with Crippen LogP contribution < -0.4 is 15.6 Å². The molecule has 1 atom stereocenters. The molecule has 1 aromatic carbocycles. The van der Waals surface area contributed by atoms with Gasteiger partial charge in [-0.05, 0) is 56.4 Å². The first kappa shape index (κ1) is 18.2. The molecule has 1 aliphatic carbocycles. The van der Waals surface area contributed by atoms with E-state index in [1.165, 1.54) is 11.1 Å². The highest BCUT2D eigenvalue weighted by Crippen LogP contribution is 2.17. The van der Waals surface area contributed by atoms with Crippen molar-refractivity contribution in [3.05, 3.63) is 57.5 Å². The van der Waals surface area contributed by atoms with Crippen molar-refractivity contribution in [3.8, 4) is 5.75 Å². The van der Waals surface area contributed by atoms with Crippen LogP contribution >= 0.6 is 0 Å². The molecule has 3 rings (SSSR count). The SMILES string of the molecule is COc1cccc(C(=O)N[C@@H](C)Cn2nc3c(cc2=O)CCCCC3)c1. The summed E-state index contributed by atoms with van der Waals surface area (Å²) in [5.74, 6) is 0.438. The molecule has 0 bridgehead atoms. The zero-order valence-electron chi connectivity index (χ0n) is 15.3. The first-order chi connectivity index (χ1) is 12.6. The van der Waals surface area contributed by atoms with E-state index in [0.29, 0.717) is 17.9 Å². The number of aromatic nitrogens is 2. The molecule has 26 heavy (non-hydrogen) atoms. The van der Waals surface area contributed by atoms with Crippen molar-refractivity contribution in [2.24, 2.45) is 0 Å². The second kappa shape index (κ2) is 8.17. The van der Waals surface area contributed by atoms with E-state index < -0.39 is 0 Å². The van der Waals surface area contributed by atoms with Crippen molar-refractivity contribution in [2.75, 3.05) is 7.11 Å². The van der Waals surface area contributed by atoms with Crippen LogP contribution in [0.1, 0.15) is 47.8 Å². The minimum Gasteiger partial charge on any atom is -0.497 e. The normalized spacial score (nSPS) is 14.8. The third-order valence-corrected chi connectivity index (χ3v) is 4.68. The lowest BCUT2D eigenvalue weighted by Crippen LogP contribution is -2.39.